The number of nitroso groups, excluding NO2 is 1. The standard InChI is InChI=1S/C6H14N3O2P/c1-2-3-7-6(10)9(8-11)4-5-12/h2-5,12H2,1H3,(H,7,10). The van der Waals surface area contributed by atoms with Crippen LogP contribution in [-0.2, 0) is 0 Å². The zero-order valence-electron chi connectivity index (χ0n) is 7.12. The Kier molecular flexibility index (Phi) is 6.57. The van der Waals surface area contributed by atoms with Crippen molar-refractivity contribution in [3.63, 3.8) is 0 Å². The Labute approximate surface area is 74.0 Å². The van der Waals surface area contributed by atoms with E-state index >= 15 is 0 Å². The van der Waals surface area contributed by atoms with E-state index in [0.717, 1.165) is 11.4 Å². The highest BCUT2D eigenvalue weighted by molar-refractivity contribution is 7.16. The van der Waals surface area contributed by atoms with E-state index in [0.29, 0.717) is 19.3 Å². The average Bonchev–Trinajstić information content (AvgIpc) is 2.10. The monoisotopic (exact) mass is 191 g/mol. The molecule has 0 radical (unpaired) electrons. The van der Waals surface area contributed by atoms with Crippen LogP contribution in [0.25, 0.3) is 0 Å². The van der Waals surface area contributed by atoms with E-state index < -0.39 is 6.03 Å². The van der Waals surface area contributed by atoms with E-state index in [1.165, 1.54) is 0 Å². The molecular formula is C6H14N3O2P. The Hall–Kier alpha value is -0.700. The molecule has 0 aromatic heterocycles. The van der Waals surface area contributed by atoms with Gasteiger partial charge in [0.1, 0.15) is 0 Å². The van der Waals surface area contributed by atoms with Gasteiger partial charge in [-0.25, -0.2) is 4.79 Å². The number of nitrogens with zero attached hydrogens (tertiary/aromatic N) is 2. The third kappa shape index (κ3) is 4.23. The van der Waals surface area contributed by atoms with Crippen molar-refractivity contribution in [2.75, 3.05) is 19.3 Å². The van der Waals surface area contributed by atoms with Gasteiger partial charge in [-0.15, -0.1) is 14.1 Å². The summed E-state index contributed by atoms with van der Waals surface area (Å²) in [6.07, 6.45) is 1.49. The molecule has 6 heteroatoms. The number of rotatable bonds is 5. The fraction of sp³-hybridized carbons (Fsp3) is 0.833. The van der Waals surface area contributed by atoms with E-state index in [1.54, 1.807) is 0 Å². The summed E-state index contributed by atoms with van der Waals surface area (Å²) < 4.78 is 0. The average molecular weight is 191 g/mol. The van der Waals surface area contributed by atoms with Crippen molar-refractivity contribution in [1.82, 2.24) is 10.3 Å². The molecule has 0 saturated carbocycles. The Balaban J connectivity index is 3.77. The number of urea groups is 1. The summed E-state index contributed by atoms with van der Waals surface area (Å²) in [6.45, 7) is 2.85. The minimum absolute atomic E-state index is 0.337. The van der Waals surface area contributed by atoms with Gasteiger partial charge in [0.05, 0.1) is 11.8 Å². The molecule has 0 saturated heterocycles. The second kappa shape index (κ2) is 6.98. The van der Waals surface area contributed by atoms with Gasteiger partial charge >= 0.3 is 6.03 Å². The number of hydrogen-bond donors (Lipinski definition) is 1. The Bertz CT molecular complexity index is 154. The first-order valence-corrected chi connectivity index (χ1v) is 4.66. The van der Waals surface area contributed by atoms with E-state index in [2.05, 4.69) is 19.8 Å². The highest BCUT2D eigenvalue weighted by Gasteiger charge is 2.10. The maximum Gasteiger partial charge on any atom is 0.340 e. The number of carbonyl (C=O) groups excluding carboxylic acids is 1. The van der Waals surface area contributed by atoms with Gasteiger partial charge in [-0.2, -0.15) is 5.01 Å². The Morgan fingerprint density at radius 3 is 2.75 bits per heavy atom. The smallest absolute Gasteiger partial charge is 0.336 e. The van der Waals surface area contributed by atoms with Gasteiger partial charge in [0.25, 0.3) is 0 Å². The fourth-order valence-corrected chi connectivity index (χ4v) is 0.869. The lowest BCUT2D eigenvalue weighted by Gasteiger charge is -2.12. The lowest BCUT2D eigenvalue weighted by Crippen LogP contribution is -2.37. The normalized spacial score (nSPS) is 9.17. The summed E-state index contributed by atoms with van der Waals surface area (Å²) in [6, 6.07) is -0.422. The van der Waals surface area contributed by atoms with E-state index in [1.807, 2.05) is 6.92 Å². The van der Waals surface area contributed by atoms with Crippen LogP contribution in [0.15, 0.2) is 5.29 Å². The maximum absolute atomic E-state index is 11.0. The number of carbonyl (C=O) groups is 1. The summed E-state index contributed by atoms with van der Waals surface area (Å²) in [7, 11) is 2.43. The first-order valence-electron chi connectivity index (χ1n) is 3.85. The lowest BCUT2D eigenvalue weighted by atomic mass is 10.5. The summed E-state index contributed by atoms with van der Waals surface area (Å²) >= 11 is 0. The van der Waals surface area contributed by atoms with E-state index in [9.17, 15) is 9.70 Å². The minimum Gasteiger partial charge on any atom is -0.336 e. The molecule has 0 heterocycles. The fourth-order valence-electron chi connectivity index (χ4n) is 0.625. The number of amides is 2. The molecule has 0 fully saturated rings. The molecule has 0 aliphatic heterocycles. The predicted octanol–water partition coefficient (Wildman–Crippen LogP) is 0.964. The maximum atomic E-state index is 11.0. The highest BCUT2D eigenvalue weighted by Crippen LogP contribution is 1.92. The number of nitrogens with one attached hydrogen (secondary N) is 1. The third-order valence-corrected chi connectivity index (χ3v) is 1.46. The second-order valence-corrected chi connectivity index (χ2v) is 2.80. The van der Waals surface area contributed by atoms with Gasteiger partial charge in [-0.05, 0) is 12.6 Å². The lowest BCUT2D eigenvalue weighted by molar-refractivity contribution is 0.202. The van der Waals surface area contributed by atoms with Crippen LogP contribution in [0, 0.1) is 4.91 Å². The van der Waals surface area contributed by atoms with E-state index in [4.69, 9.17) is 0 Å². The van der Waals surface area contributed by atoms with Crippen LogP contribution in [0.4, 0.5) is 4.79 Å². The molecule has 1 unspecified atom stereocenters. The minimum atomic E-state index is -0.422. The first kappa shape index (κ1) is 11.3. The van der Waals surface area contributed by atoms with Gasteiger partial charge < -0.3 is 5.32 Å². The van der Waals surface area contributed by atoms with Crippen LogP contribution in [0.1, 0.15) is 13.3 Å². The van der Waals surface area contributed by atoms with Crippen molar-refractivity contribution < 1.29 is 4.79 Å². The van der Waals surface area contributed by atoms with Crippen LogP contribution in [0.3, 0.4) is 0 Å². The van der Waals surface area contributed by atoms with Gasteiger partial charge in [-0.1, -0.05) is 6.92 Å². The van der Waals surface area contributed by atoms with Crippen molar-refractivity contribution >= 4 is 15.3 Å². The summed E-state index contributed by atoms with van der Waals surface area (Å²) in [5.41, 5.74) is 0. The highest BCUT2D eigenvalue weighted by atomic mass is 31.0. The molecule has 2 amide bonds. The number of hydrogen-bond acceptors (Lipinski definition) is 3. The Morgan fingerprint density at radius 1 is 1.67 bits per heavy atom. The molecule has 0 aromatic carbocycles. The van der Waals surface area contributed by atoms with Crippen LogP contribution < -0.4 is 5.32 Å². The molecule has 0 bridgehead atoms. The molecule has 70 valence electrons. The topological polar surface area (TPSA) is 61.8 Å². The SMILES string of the molecule is CCCNC(=O)N(CCP)N=O. The molecular weight excluding hydrogens is 177 g/mol. The molecule has 0 aliphatic rings. The van der Waals surface area contributed by atoms with Gasteiger partial charge in [0, 0.05) is 6.54 Å². The molecule has 0 aromatic rings. The van der Waals surface area contributed by atoms with Crippen molar-refractivity contribution in [2.24, 2.45) is 5.29 Å². The predicted molar refractivity (Wildman–Crippen MR) is 50.8 cm³/mol. The van der Waals surface area contributed by atoms with Crippen LogP contribution in [0.5, 0.6) is 0 Å². The molecule has 12 heavy (non-hydrogen) atoms. The van der Waals surface area contributed by atoms with Crippen molar-refractivity contribution in [3.05, 3.63) is 4.91 Å². The zero-order valence-corrected chi connectivity index (χ0v) is 8.27. The molecule has 1 N–H and O–H groups in total. The second-order valence-electron chi connectivity index (χ2n) is 2.23. The van der Waals surface area contributed by atoms with Crippen molar-refractivity contribution in [2.45, 2.75) is 13.3 Å². The van der Waals surface area contributed by atoms with Gasteiger partial charge in [0.15, 0.2) is 0 Å². The zero-order chi connectivity index (χ0) is 9.40. The molecule has 5 nitrogen and oxygen atoms in total. The summed E-state index contributed by atoms with van der Waals surface area (Å²) in [5.74, 6) is 0. The molecule has 0 aliphatic carbocycles. The summed E-state index contributed by atoms with van der Waals surface area (Å²) in [5, 5.41) is 6.02. The van der Waals surface area contributed by atoms with Gasteiger partial charge in [0.2, 0.25) is 0 Å². The quantitative estimate of drug-likeness (QED) is 0.399. The first-order chi connectivity index (χ1) is 5.76. The van der Waals surface area contributed by atoms with Crippen molar-refractivity contribution in [3.8, 4) is 0 Å². The molecule has 1 atom stereocenters. The van der Waals surface area contributed by atoms with Crippen LogP contribution in [-0.4, -0.2) is 30.3 Å². The van der Waals surface area contributed by atoms with Gasteiger partial charge in [-0.3, -0.25) is 0 Å². The van der Waals surface area contributed by atoms with Crippen molar-refractivity contribution in [1.29, 1.82) is 0 Å². The molecule has 0 spiro atoms. The van der Waals surface area contributed by atoms with Crippen LogP contribution >= 0.6 is 9.24 Å². The molecule has 0 rings (SSSR count). The van der Waals surface area contributed by atoms with E-state index in [-0.39, 0.29) is 0 Å². The van der Waals surface area contributed by atoms with Crippen LogP contribution in [0.2, 0.25) is 0 Å². The Morgan fingerprint density at radius 2 is 2.33 bits per heavy atom. The third-order valence-electron chi connectivity index (χ3n) is 1.20. The largest absolute Gasteiger partial charge is 0.340 e. The summed E-state index contributed by atoms with van der Waals surface area (Å²) in [4.78, 5) is 21.1.